The Hall–Kier alpha value is -3.52. The number of ether oxygens (including phenoxy) is 2. The second-order valence-corrected chi connectivity index (χ2v) is 8.88. The molecule has 1 amide bonds. The molecule has 2 aromatic rings. The summed E-state index contributed by atoms with van der Waals surface area (Å²) in [6.45, 7) is 2.80. The second kappa shape index (κ2) is 9.02. The number of hydrogen-bond acceptors (Lipinski definition) is 6. The van der Waals surface area contributed by atoms with Crippen molar-refractivity contribution in [2.24, 2.45) is 5.92 Å². The normalized spacial score (nSPS) is 20.3. The van der Waals surface area contributed by atoms with Crippen LogP contribution in [0.5, 0.6) is 0 Å². The maximum absolute atomic E-state index is 13.4. The van der Waals surface area contributed by atoms with Crippen molar-refractivity contribution in [3.8, 4) is 0 Å². The third kappa shape index (κ3) is 4.21. The molecule has 3 aliphatic rings. The Balaban J connectivity index is 1.28. The molecular formula is C26H25FN2O5. The molecule has 0 unspecified atom stereocenters. The molecule has 3 aliphatic heterocycles. The van der Waals surface area contributed by atoms with Gasteiger partial charge in [-0.15, -0.1) is 0 Å². The average molecular weight is 464 g/mol. The zero-order valence-electron chi connectivity index (χ0n) is 18.6. The quantitative estimate of drug-likeness (QED) is 0.634. The predicted octanol–water partition coefficient (Wildman–Crippen LogP) is 3.00. The molecular weight excluding hydrogens is 439 g/mol. The molecule has 34 heavy (non-hydrogen) atoms. The number of halogens is 1. The van der Waals surface area contributed by atoms with E-state index >= 15 is 0 Å². The third-order valence-corrected chi connectivity index (χ3v) is 6.69. The van der Waals surface area contributed by atoms with Crippen LogP contribution in [-0.4, -0.2) is 53.8 Å². The smallest absolute Gasteiger partial charge is 0.375 e. The van der Waals surface area contributed by atoms with Crippen molar-refractivity contribution in [3.63, 3.8) is 0 Å². The molecule has 1 spiro atoms. The van der Waals surface area contributed by atoms with Crippen LogP contribution < -0.4 is 0 Å². The van der Waals surface area contributed by atoms with Gasteiger partial charge in [-0.2, -0.15) is 0 Å². The van der Waals surface area contributed by atoms with Crippen molar-refractivity contribution in [3.05, 3.63) is 83.2 Å². The number of nitrogens with zero attached hydrogens (tertiary/aromatic N) is 2. The topological polar surface area (TPSA) is 76.2 Å². The van der Waals surface area contributed by atoms with Gasteiger partial charge in [-0.05, 0) is 68.1 Å². The highest BCUT2D eigenvalue weighted by atomic mass is 19.1. The van der Waals surface area contributed by atoms with Crippen LogP contribution in [0.15, 0.2) is 60.7 Å². The number of hydrogen-bond donors (Lipinski definition) is 0. The lowest BCUT2D eigenvalue weighted by molar-refractivity contribution is -0.275. The van der Waals surface area contributed by atoms with Gasteiger partial charge in [0.1, 0.15) is 5.82 Å². The van der Waals surface area contributed by atoms with Gasteiger partial charge in [0.15, 0.2) is 0 Å². The number of likely N-dealkylation sites (tertiary alicyclic amines) is 1. The lowest BCUT2D eigenvalue weighted by Gasteiger charge is -2.39. The number of piperidine rings is 1. The molecule has 0 aromatic heterocycles. The highest BCUT2D eigenvalue weighted by Crippen LogP contribution is 2.43. The number of rotatable bonds is 5. The molecule has 0 radical (unpaired) electrons. The van der Waals surface area contributed by atoms with E-state index in [2.05, 4.69) is 4.90 Å². The summed E-state index contributed by atoms with van der Waals surface area (Å²) in [5.41, 5.74) is 1.69. The lowest BCUT2D eigenvalue weighted by Crippen LogP contribution is -2.52. The van der Waals surface area contributed by atoms with Crippen molar-refractivity contribution in [1.29, 1.82) is 0 Å². The minimum atomic E-state index is -1.89. The lowest BCUT2D eigenvalue weighted by atomic mass is 9.95. The van der Waals surface area contributed by atoms with Gasteiger partial charge in [0.05, 0.1) is 11.1 Å². The largest absolute Gasteiger partial charge is 0.396 e. The fraction of sp³-hybridized carbons (Fsp3) is 0.346. The van der Waals surface area contributed by atoms with Crippen LogP contribution >= 0.6 is 0 Å². The van der Waals surface area contributed by atoms with Crippen LogP contribution in [0.4, 0.5) is 4.39 Å². The fourth-order valence-corrected chi connectivity index (χ4v) is 4.92. The van der Waals surface area contributed by atoms with Crippen molar-refractivity contribution >= 4 is 17.8 Å². The standard InChI is InChI=1S/C26H25FN2O5/c27-20-5-3-4-18(16-20)10-13-28-14-11-19(12-15-28)17-29-25(32)21-6-1-2-7-22(21)26(29)33-23(30)8-9-24(31)34-26/h1-9,16,19H,10-15,17H2. The van der Waals surface area contributed by atoms with Gasteiger partial charge < -0.3 is 14.4 Å². The van der Waals surface area contributed by atoms with Gasteiger partial charge in [0.25, 0.3) is 5.91 Å². The Morgan fingerprint density at radius 3 is 2.35 bits per heavy atom. The van der Waals surface area contributed by atoms with Crippen LogP contribution in [-0.2, 0) is 31.4 Å². The van der Waals surface area contributed by atoms with Gasteiger partial charge in [0, 0.05) is 25.2 Å². The molecule has 0 N–H and O–H groups in total. The van der Waals surface area contributed by atoms with Crippen LogP contribution in [0.2, 0.25) is 0 Å². The molecule has 0 atom stereocenters. The Morgan fingerprint density at radius 2 is 1.65 bits per heavy atom. The van der Waals surface area contributed by atoms with Gasteiger partial charge in [-0.1, -0.05) is 24.3 Å². The van der Waals surface area contributed by atoms with Crippen LogP contribution in [0.3, 0.4) is 0 Å². The summed E-state index contributed by atoms with van der Waals surface area (Å²) in [7, 11) is 0. The van der Waals surface area contributed by atoms with E-state index in [4.69, 9.17) is 9.47 Å². The van der Waals surface area contributed by atoms with Crippen LogP contribution in [0, 0.1) is 11.7 Å². The van der Waals surface area contributed by atoms with E-state index in [9.17, 15) is 18.8 Å². The van der Waals surface area contributed by atoms with Gasteiger partial charge in [-0.3, -0.25) is 9.69 Å². The average Bonchev–Trinajstić information content (AvgIpc) is 2.94. The first-order valence-corrected chi connectivity index (χ1v) is 11.5. The van der Waals surface area contributed by atoms with Crippen LogP contribution in [0.1, 0.15) is 34.3 Å². The molecule has 8 heteroatoms. The van der Waals surface area contributed by atoms with E-state index in [0.29, 0.717) is 17.7 Å². The third-order valence-electron chi connectivity index (χ3n) is 6.69. The van der Waals surface area contributed by atoms with E-state index in [0.717, 1.165) is 56.6 Å². The molecule has 1 fully saturated rings. The molecule has 0 aliphatic carbocycles. The highest BCUT2D eigenvalue weighted by Gasteiger charge is 2.57. The van der Waals surface area contributed by atoms with E-state index in [1.165, 1.54) is 11.0 Å². The predicted molar refractivity (Wildman–Crippen MR) is 120 cm³/mol. The number of amides is 1. The molecule has 3 heterocycles. The Labute approximate surface area is 196 Å². The molecule has 1 saturated heterocycles. The van der Waals surface area contributed by atoms with E-state index in [1.807, 2.05) is 6.07 Å². The zero-order chi connectivity index (χ0) is 23.7. The molecule has 5 rings (SSSR count). The molecule has 176 valence electrons. The SMILES string of the molecule is O=C1C=CC(=O)OC2(O1)c1ccccc1C(=O)N2CC1CCN(CCc2cccc(F)c2)CC1. The number of carbonyl (C=O) groups is 3. The van der Waals surface area contributed by atoms with Crippen molar-refractivity contribution in [2.45, 2.75) is 25.2 Å². The first-order valence-electron chi connectivity index (χ1n) is 11.5. The van der Waals surface area contributed by atoms with Crippen molar-refractivity contribution in [2.75, 3.05) is 26.2 Å². The number of fused-ring (bicyclic) bond motifs is 2. The Morgan fingerprint density at radius 1 is 0.941 bits per heavy atom. The molecule has 0 saturated carbocycles. The van der Waals surface area contributed by atoms with Gasteiger partial charge >= 0.3 is 17.8 Å². The Kier molecular flexibility index (Phi) is 5.91. The van der Waals surface area contributed by atoms with E-state index in [-0.39, 0.29) is 17.6 Å². The summed E-state index contributed by atoms with van der Waals surface area (Å²) in [5, 5.41) is 0. The summed E-state index contributed by atoms with van der Waals surface area (Å²) >= 11 is 0. The molecule has 0 bridgehead atoms. The van der Waals surface area contributed by atoms with Crippen molar-refractivity contribution in [1.82, 2.24) is 9.80 Å². The fourth-order valence-electron chi connectivity index (χ4n) is 4.92. The minimum absolute atomic E-state index is 0.147. The minimum Gasteiger partial charge on any atom is -0.396 e. The van der Waals surface area contributed by atoms with Crippen molar-refractivity contribution < 1.29 is 28.2 Å². The summed E-state index contributed by atoms with van der Waals surface area (Å²) in [4.78, 5) is 41.6. The van der Waals surface area contributed by atoms with E-state index < -0.39 is 17.8 Å². The number of benzene rings is 2. The maximum atomic E-state index is 13.4. The summed E-state index contributed by atoms with van der Waals surface area (Å²) in [5.74, 6) is -3.78. The number of carbonyl (C=O) groups excluding carboxylic acids is 3. The van der Waals surface area contributed by atoms with Crippen LogP contribution in [0.25, 0.3) is 0 Å². The first kappa shape index (κ1) is 22.3. The maximum Gasteiger partial charge on any atom is 0.375 e. The van der Waals surface area contributed by atoms with Gasteiger partial charge in [0.2, 0.25) is 0 Å². The Bertz CT molecular complexity index is 1140. The summed E-state index contributed by atoms with van der Waals surface area (Å²) in [6.07, 6.45) is 4.46. The molecule has 7 nitrogen and oxygen atoms in total. The second-order valence-electron chi connectivity index (χ2n) is 8.88. The highest BCUT2D eigenvalue weighted by molar-refractivity contribution is 6.01. The zero-order valence-corrected chi connectivity index (χ0v) is 18.6. The van der Waals surface area contributed by atoms with Gasteiger partial charge in [-0.25, -0.2) is 14.0 Å². The number of esters is 2. The summed E-state index contributed by atoms with van der Waals surface area (Å²) in [6, 6.07) is 13.4. The van der Waals surface area contributed by atoms with E-state index in [1.54, 1.807) is 36.4 Å². The first-order chi connectivity index (χ1) is 16.4. The molecule has 2 aromatic carbocycles. The monoisotopic (exact) mass is 464 g/mol. The summed E-state index contributed by atoms with van der Waals surface area (Å²) < 4.78 is 24.6.